The third-order valence-electron chi connectivity index (χ3n) is 5.07. The molecular weight excluding hydrogens is 404 g/mol. The summed E-state index contributed by atoms with van der Waals surface area (Å²) in [5.41, 5.74) is 1.56. The molecule has 1 atom stereocenters. The van der Waals surface area contributed by atoms with Crippen LogP contribution in [-0.2, 0) is 25.6 Å². The topological polar surface area (TPSA) is 93.1 Å². The lowest BCUT2D eigenvalue weighted by Crippen LogP contribution is -2.46. The molecule has 156 valence electrons. The standard InChI is InChI=1S/C21H22N4O4S/c26-19(23-12-14-5-4-7-22-11-14)6-2-1-3-8-25-20(27)15-9-17-18(29-13-28-17)10-16(15)24-21(25)30/h4-5,7,9-11,15H,1-3,6,8,12-13H2,(H,23,26). The zero-order valence-corrected chi connectivity index (χ0v) is 17.2. The van der Waals surface area contributed by atoms with Gasteiger partial charge in [-0.1, -0.05) is 12.5 Å². The largest absolute Gasteiger partial charge is 0.454 e. The van der Waals surface area contributed by atoms with Crippen LogP contribution in [0.15, 0.2) is 53.2 Å². The Morgan fingerprint density at radius 2 is 2.13 bits per heavy atom. The Morgan fingerprint density at radius 3 is 2.97 bits per heavy atom. The first-order chi connectivity index (χ1) is 14.6. The van der Waals surface area contributed by atoms with E-state index in [1.165, 1.54) is 4.90 Å². The van der Waals surface area contributed by atoms with Crippen molar-refractivity contribution in [3.8, 4) is 0 Å². The number of thiocarbonyl (C=S) groups is 1. The Bertz CT molecular complexity index is 942. The van der Waals surface area contributed by atoms with Crippen molar-refractivity contribution in [2.45, 2.75) is 32.2 Å². The number of hydrogen-bond acceptors (Lipinski definition) is 6. The number of rotatable bonds is 8. The Labute approximate surface area is 179 Å². The molecule has 0 bridgehead atoms. The molecule has 30 heavy (non-hydrogen) atoms. The molecule has 1 saturated heterocycles. The summed E-state index contributed by atoms with van der Waals surface area (Å²) in [4.78, 5) is 34.8. The molecular formula is C21H22N4O4S. The van der Waals surface area contributed by atoms with E-state index in [4.69, 9.17) is 21.7 Å². The number of ether oxygens (including phenoxy) is 2. The fourth-order valence-corrected chi connectivity index (χ4v) is 3.75. The van der Waals surface area contributed by atoms with E-state index in [-0.39, 0.29) is 23.7 Å². The average molecular weight is 426 g/mol. The Morgan fingerprint density at radius 1 is 1.27 bits per heavy atom. The number of unbranched alkanes of at least 4 members (excludes halogenated alkanes) is 2. The number of carbonyl (C=O) groups excluding carboxylic acids is 2. The summed E-state index contributed by atoms with van der Waals surface area (Å²) in [6.45, 7) is 1.11. The molecule has 0 radical (unpaired) electrons. The van der Waals surface area contributed by atoms with Crippen molar-refractivity contribution in [2.75, 3.05) is 13.3 Å². The van der Waals surface area contributed by atoms with Crippen molar-refractivity contribution in [3.63, 3.8) is 0 Å². The molecule has 1 unspecified atom stereocenters. The van der Waals surface area contributed by atoms with Crippen LogP contribution in [-0.4, -0.2) is 45.9 Å². The molecule has 1 aliphatic carbocycles. The minimum atomic E-state index is -0.490. The molecule has 2 aliphatic heterocycles. The molecule has 1 N–H and O–H groups in total. The summed E-state index contributed by atoms with van der Waals surface area (Å²) in [5, 5.41) is 3.16. The SMILES string of the molecule is O=C(CCCCCN1C(=O)C2C=C3OCOC3=CC2=NC1=S)NCc1cccnc1. The highest BCUT2D eigenvalue weighted by Gasteiger charge is 2.38. The maximum Gasteiger partial charge on any atom is 0.241 e. The number of pyridine rings is 1. The minimum absolute atomic E-state index is 0.00729. The van der Waals surface area contributed by atoms with Crippen LogP contribution in [0.2, 0.25) is 0 Å². The third kappa shape index (κ3) is 4.56. The van der Waals surface area contributed by atoms with Gasteiger partial charge in [0, 0.05) is 38.0 Å². The quantitative estimate of drug-likeness (QED) is 0.506. The van der Waals surface area contributed by atoms with Crippen LogP contribution in [0, 0.1) is 5.92 Å². The second kappa shape index (κ2) is 9.17. The molecule has 4 rings (SSSR count). The van der Waals surface area contributed by atoms with E-state index in [0.29, 0.717) is 36.7 Å². The van der Waals surface area contributed by atoms with Gasteiger partial charge >= 0.3 is 0 Å². The van der Waals surface area contributed by atoms with Crippen molar-refractivity contribution in [2.24, 2.45) is 10.9 Å². The lowest BCUT2D eigenvalue weighted by atomic mass is 9.93. The van der Waals surface area contributed by atoms with E-state index in [0.717, 1.165) is 24.8 Å². The van der Waals surface area contributed by atoms with Gasteiger partial charge in [0.2, 0.25) is 23.7 Å². The molecule has 3 heterocycles. The van der Waals surface area contributed by atoms with Gasteiger partial charge in [-0.25, -0.2) is 4.99 Å². The number of hydrogen-bond donors (Lipinski definition) is 1. The Kier molecular flexibility index (Phi) is 6.18. The molecule has 0 saturated carbocycles. The van der Waals surface area contributed by atoms with Crippen LogP contribution in [0.5, 0.6) is 0 Å². The molecule has 1 aromatic heterocycles. The summed E-state index contributed by atoms with van der Waals surface area (Å²) in [7, 11) is 0. The molecule has 3 aliphatic rings. The van der Waals surface area contributed by atoms with Crippen molar-refractivity contribution in [1.29, 1.82) is 0 Å². The second-order valence-corrected chi connectivity index (χ2v) is 7.55. The normalized spacial score (nSPS) is 19.7. The fourth-order valence-electron chi connectivity index (χ4n) is 3.46. The van der Waals surface area contributed by atoms with E-state index >= 15 is 0 Å². The van der Waals surface area contributed by atoms with E-state index in [2.05, 4.69) is 15.3 Å². The molecule has 8 nitrogen and oxygen atoms in total. The molecule has 9 heteroatoms. The van der Waals surface area contributed by atoms with Gasteiger partial charge in [-0.05, 0) is 42.8 Å². The molecule has 1 aromatic rings. The van der Waals surface area contributed by atoms with Gasteiger partial charge in [-0.15, -0.1) is 0 Å². The van der Waals surface area contributed by atoms with Gasteiger partial charge in [-0.3, -0.25) is 19.5 Å². The summed E-state index contributed by atoms with van der Waals surface area (Å²) >= 11 is 5.32. The minimum Gasteiger partial charge on any atom is -0.454 e. The second-order valence-electron chi connectivity index (χ2n) is 7.18. The van der Waals surface area contributed by atoms with Gasteiger partial charge < -0.3 is 14.8 Å². The van der Waals surface area contributed by atoms with Crippen LogP contribution in [0.1, 0.15) is 31.2 Å². The lowest BCUT2D eigenvalue weighted by molar-refractivity contribution is -0.128. The van der Waals surface area contributed by atoms with Gasteiger partial charge in [0.25, 0.3) is 0 Å². The van der Waals surface area contributed by atoms with E-state index in [1.807, 2.05) is 12.1 Å². The number of aliphatic imine (C=N–C) groups is 1. The zero-order valence-electron chi connectivity index (χ0n) is 16.4. The number of carbonyl (C=O) groups is 2. The van der Waals surface area contributed by atoms with Gasteiger partial charge in [-0.2, -0.15) is 0 Å². The van der Waals surface area contributed by atoms with Crippen LogP contribution in [0.4, 0.5) is 0 Å². The number of nitrogens with one attached hydrogen (secondary N) is 1. The van der Waals surface area contributed by atoms with E-state index < -0.39 is 5.92 Å². The highest BCUT2D eigenvalue weighted by molar-refractivity contribution is 7.80. The Hall–Kier alpha value is -3.07. The van der Waals surface area contributed by atoms with Crippen molar-refractivity contribution >= 4 is 34.9 Å². The zero-order chi connectivity index (χ0) is 20.9. The van der Waals surface area contributed by atoms with Gasteiger partial charge in [0.1, 0.15) is 5.92 Å². The first-order valence-electron chi connectivity index (χ1n) is 9.91. The summed E-state index contributed by atoms with van der Waals surface area (Å²) in [5.74, 6) is 0.592. The van der Waals surface area contributed by atoms with Crippen LogP contribution in [0.25, 0.3) is 0 Å². The molecule has 0 aromatic carbocycles. The number of fused-ring (bicyclic) bond motifs is 2. The number of nitrogens with zero attached hydrogens (tertiary/aromatic N) is 3. The maximum absolute atomic E-state index is 12.9. The van der Waals surface area contributed by atoms with E-state index in [9.17, 15) is 9.59 Å². The lowest BCUT2D eigenvalue weighted by Gasteiger charge is -2.30. The highest BCUT2D eigenvalue weighted by Crippen LogP contribution is 2.31. The predicted molar refractivity (Wildman–Crippen MR) is 113 cm³/mol. The van der Waals surface area contributed by atoms with E-state index in [1.54, 1.807) is 24.5 Å². The van der Waals surface area contributed by atoms with Gasteiger partial charge in [0.15, 0.2) is 11.5 Å². The monoisotopic (exact) mass is 426 g/mol. The fraction of sp³-hybridized carbons (Fsp3) is 0.381. The average Bonchev–Trinajstić information content (AvgIpc) is 3.21. The predicted octanol–water partition coefficient (Wildman–Crippen LogP) is 2.23. The molecule has 1 fully saturated rings. The van der Waals surface area contributed by atoms with Crippen LogP contribution >= 0.6 is 12.2 Å². The van der Waals surface area contributed by atoms with Crippen molar-refractivity contribution < 1.29 is 19.1 Å². The summed E-state index contributed by atoms with van der Waals surface area (Å²) in [6, 6.07) is 3.76. The first kappa shape index (κ1) is 20.2. The number of amides is 2. The molecule has 2 amide bonds. The smallest absolute Gasteiger partial charge is 0.241 e. The van der Waals surface area contributed by atoms with Gasteiger partial charge in [0.05, 0.1) is 5.71 Å². The van der Waals surface area contributed by atoms with Crippen LogP contribution < -0.4 is 5.32 Å². The molecule has 0 spiro atoms. The van der Waals surface area contributed by atoms with Crippen molar-refractivity contribution in [3.05, 3.63) is 53.8 Å². The van der Waals surface area contributed by atoms with Crippen molar-refractivity contribution in [1.82, 2.24) is 15.2 Å². The third-order valence-corrected chi connectivity index (χ3v) is 5.38. The first-order valence-corrected chi connectivity index (χ1v) is 10.3. The van der Waals surface area contributed by atoms with Crippen LogP contribution in [0.3, 0.4) is 0 Å². The number of allylic oxidation sites excluding steroid dienone is 1. The number of aromatic nitrogens is 1. The highest BCUT2D eigenvalue weighted by atomic mass is 32.1. The maximum atomic E-state index is 12.9. The summed E-state index contributed by atoms with van der Waals surface area (Å²) in [6.07, 6.45) is 9.65. The summed E-state index contributed by atoms with van der Waals surface area (Å²) < 4.78 is 10.7. The Balaban J connectivity index is 1.20.